The van der Waals surface area contributed by atoms with E-state index in [0.29, 0.717) is 17.6 Å². The highest BCUT2D eigenvalue weighted by molar-refractivity contribution is 5.88. The van der Waals surface area contributed by atoms with E-state index in [-0.39, 0.29) is 0 Å². The van der Waals surface area contributed by atoms with Gasteiger partial charge in [0.05, 0.1) is 5.56 Å². The molecule has 2 bridgehead atoms. The minimum Gasteiger partial charge on any atom is -0.478 e. The van der Waals surface area contributed by atoms with Gasteiger partial charge in [-0.2, -0.15) is 0 Å². The Labute approximate surface area is 100 Å². The lowest BCUT2D eigenvalue weighted by atomic mass is 10.2. The van der Waals surface area contributed by atoms with Gasteiger partial charge in [0.2, 0.25) is 0 Å². The number of hydrogen-bond donors (Lipinski definition) is 1. The number of hydrogen-bond acceptors (Lipinski definition) is 3. The molecule has 2 heterocycles. The van der Waals surface area contributed by atoms with Crippen LogP contribution in [0.3, 0.4) is 0 Å². The summed E-state index contributed by atoms with van der Waals surface area (Å²) in [5, 5.41) is 8.86. The number of carboxylic acid groups (broad SMARTS) is 1. The van der Waals surface area contributed by atoms with Crippen molar-refractivity contribution in [3.63, 3.8) is 0 Å². The van der Waals surface area contributed by atoms with E-state index in [1.165, 1.54) is 6.42 Å². The summed E-state index contributed by atoms with van der Waals surface area (Å²) in [5.74, 6) is -0.862. The lowest BCUT2D eigenvalue weighted by Gasteiger charge is -2.33. The van der Waals surface area contributed by atoms with E-state index >= 15 is 0 Å². The molecule has 90 valence electrons. The number of anilines is 1. The second-order valence-electron chi connectivity index (χ2n) is 4.99. The van der Waals surface area contributed by atoms with Crippen LogP contribution in [0, 0.1) is 0 Å². The molecule has 0 aliphatic carbocycles. The fourth-order valence-corrected chi connectivity index (χ4v) is 2.98. The van der Waals surface area contributed by atoms with Crippen LogP contribution in [0.5, 0.6) is 0 Å². The standard InChI is InChI=1S/C13H16N2O2/c1-14-7-12-6-11(14)8-15(12)10-4-2-9(3-5-10)13(16)17/h2-5,11-12H,6-8H2,1H3,(H,16,17). The summed E-state index contributed by atoms with van der Waals surface area (Å²) < 4.78 is 0. The number of aromatic carboxylic acids is 1. The smallest absolute Gasteiger partial charge is 0.335 e. The molecule has 2 aliphatic rings. The van der Waals surface area contributed by atoms with Crippen LogP contribution < -0.4 is 4.90 Å². The minimum absolute atomic E-state index is 0.357. The van der Waals surface area contributed by atoms with Gasteiger partial charge in [0, 0.05) is 30.9 Å². The summed E-state index contributed by atoms with van der Waals surface area (Å²) in [5.41, 5.74) is 1.51. The first kappa shape index (κ1) is 10.6. The highest BCUT2D eigenvalue weighted by Crippen LogP contribution is 2.33. The molecule has 3 rings (SSSR count). The second-order valence-corrected chi connectivity index (χ2v) is 4.99. The van der Waals surface area contributed by atoms with Gasteiger partial charge in [0.15, 0.2) is 0 Å². The number of nitrogens with zero attached hydrogens (tertiary/aromatic N) is 2. The zero-order valence-electron chi connectivity index (χ0n) is 9.84. The third kappa shape index (κ3) is 1.69. The maximum absolute atomic E-state index is 10.8. The Balaban J connectivity index is 1.80. The lowest BCUT2D eigenvalue weighted by Crippen LogP contribution is -2.44. The van der Waals surface area contributed by atoms with Gasteiger partial charge in [-0.1, -0.05) is 0 Å². The maximum Gasteiger partial charge on any atom is 0.335 e. The molecule has 1 aromatic rings. The first-order chi connectivity index (χ1) is 8.15. The van der Waals surface area contributed by atoms with Crippen molar-refractivity contribution in [1.82, 2.24) is 4.90 Å². The fourth-order valence-electron chi connectivity index (χ4n) is 2.98. The van der Waals surface area contributed by atoms with Crippen LogP contribution in [-0.4, -0.2) is 48.2 Å². The van der Waals surface area contributed by atoms with Gasteiger partial charge in [-0.3, -0.25) is 4.90 Å². The predicted octanol–water partition coefficient (Wildman–Crippen LogP) is 1.28. The number of rotatable bonds is 2. The Morgan fingerprint density at radius 1 is 1.24 bits per heavy atom. The van der Waals surface area contributed by atoms with Gasteiger partial charge in [-0.15, -0.1) is 0 Å². The molecule has 1 aromatic carbocycles. The molecule has 0 spiro atoms. The number of likely N-dealkylation sites (tertiary alicyclic amines) is 1. The van der Waals surface area contributed by atoms with E-state index in [0.717, 1.165) is 18.8 Å². The molecule has 4 heteroatoms. The van der Waals surface area contributed by atoms with Crippen molar-refractivity contribution in [2.75, 3.05) is 25.0 Å². The van der Waals surface area contributed by atoms with Gasteiger partial charge in [0.25, 0.3) is 0 Å². The van der Waals surface area contributed by atoms with Crippen LogP contribution in [-0.2, 0) is 0 Å². The van der Waals surface area contributed by atoms with Gasteiger partial charge in [0.1, 0.15) is 0 Å². The van der Waals surface area contributed by atoms with Crippen LogP contribution in [0.15, 0.2) is 24.3 Å². The first-order valence-corrected chi connectivity index (χ1v) is 5.95. The van der Waals surface area contributed by atoms with Crippen molar-refractivity contribution >= 4 is 11.7 Å². The van der Waals surface area contributed by atoms with E-state index in [4.69, 9.17) is 5.11 Å². The summed E-state index contributed by atoms with van der Waals surface area (Å²) >= 11 is 0. The number of benzene rings is 1. The van der Waals surface area contributed by atoms with E-state index in [1.807, 2.05) is 12.1 Å². The zero-order chi connectivity index (χ0) is 12.0. The van der Waals surface area contributed by atoms with E-state index < -0.39 is 5.97 Å². The molecular formula is C13H16N2O2. The highest BCUT2D eigenvalue weighted by atomic mass is 16.4. The average molecular weight is 232 g/mol. The number of carboxylic acids is 1. The summed E-state index contributed by atoms with van der Waals surface area (Å²) in [7, 11) is 2.18. The summed E-state index contributed by atoms with van der Waals surface area (Å²) in [6.07, 6.45) is 1.23. The maximum atomic E-state index is 10.8. The van der Waals surface area contributed by atoms with Crippen LogP contribution in [0.25, 0.3) is 0 Å². The summed E-state index contributed by atoms with van der Waals surface area (Å²) in [4.78, 5) is 15.6. The Bertz CT molecular complexity index is 441. The predicted molar refractivity (Wildman–Crippen MR) is 65.6 cm³/mol. The molecule has 17 heavy (non-hydrogen) atoms. The molecule has 2 atom stereocenters. The van der Waals surface area contributed by atoms with Gasteiger partial charge in [-0.05, 0) is 37.7 Å². The van der Waals surface area contributed by atoms with Crippen molar-refractivity contribution in [2.24, 2.45) is 0 Å². The molecule has 0 amide bonds. The van der Waals surface area contributed by atoms with Crippen molar-refractivity contribution in [3.8, 4) is 0 Å². The molecule has 0 aromatic heterocycles. The monoisotopic (exact) mass is 232 g/mol. The Morgan fingerprint density at radius 2 is 1.94 bits per heavy atom. The Kier molecular flexibility index (Phi) is 2.33. The molecule has 0 saturated carbocycles. The molecule has 1 N–H and O–H groups in total. The van der Waals surface area contributed by atoms with Crippen LogP contribution >= 0.6 is 0 Å². The number of likely N-dealkylation sites (N-methyl/N-ethyl adjacent to an activating group) is 1. The van der Waals surface area contributed by atoms with E-state index in [1.54, 1.807) is 12.1 Å². The summed E-state index contributed by atoms with van der Waals surface area (Å²) in [6, 6.07) is 8.48. The molecule has 0 radical (unpaired) electrons. The SMILES string of the molecule is CN1CC2CC1CN2c1ccc(C(=O)O)cc1. The average Bonchev–Trinajstić information content (AvgIpc) is 2.87. The number of piperazine rings is 1. The fraction of sp³-hybridized carbons (Fsp3) is 0.462. The third-order valence-corrected chi connectivity index (χ3v) is 3.96. The quantitative estimate of drug-likeness (QED) is 0.834. The largest absolute Gasteiger partial charge is 0.478 e. The molecule has 2 unspecified atom stereocenters. The Morgan fingerprint density at radius 3 is 2.41 bits per heavy atom. The molecular weight excluding hydrogens is 216 g/mol. The Hall–Kier alpha value is -1.55. The molecule has 4 nitrogen and oxygen atoms in total. The highest BCUT2D eigenvalue weighted by Gasteiger charge is 2.41. The normalized spacial score (nSPS) is 27.7. The third-order valence-electron chi connectivity index (χ3n) is 3.96. The van der Waals surface area contributed by atoms with Crippen LogP contribution in [0.2, 0.25) is 0 Å². The molecule has 2 fully saturated rings. The van der Waals surface area contributed by atoms with E-state index in [2.05, 4.69) is 16.8 Å². The first-order valence-electron chi connectivity index (χ1n) is 5.95. The number of carbonyl (C=O) groups is 1. The van der Waals surface area contributed by atoms with Crippen molar-refractivity contribution in [3.05, 3.63) is 29.8 Å². The minimum atomic E-state index is -0.862. The second kappa shape index (κ2) is 3.74. The van der Waals surface area contributed by atoms with Crippen molar-refractivity contribution in [2.45, 2.75) is 18.5 Å². The lowest BCUT2D eigenvalue weighted by molar-refractivity contribution is 0.0697. The molecule has 2 saturated heterocycles. The van der Waals surface area contributed by atoms with Gasteiger partial charge in [-0.25, -0.2) is 4.79 Å². The number of fused-ring (bicyclic) bond motifs is 2. The zero-order valence-corrected chi connectivity index (χ0v) is 9.84. The topological polar surface area (TPSA) is 43.8 Å². The molecule has 2 aliphatic heterocycles. The van der Waals surface area contributed by atoms with Crippen LogP contribution in [0.4, 0.5) is 5.69 Å². The van der Waals surface area contributed by atoms with Crippen molar-refractivity contribution < 1.29 is 9.90 Å². The van der Waals surface area contributed by atoms with Crippen molar-refractivity contribution in [1.29, 1.82) is 0 Å². The van der Waals surface area contributed by atoms with Crippen LogP contribution in [0.1, 0.15) is 16.8 Å². The van der Waals surface area contributed by atoms with Gasteiger partial charge >= 0.3 is 5.97 Å². The summed E-state index contributed by atoms with van der Waals surface area (Å²) in [6.45, 7) is 2.18. The van der Waals surface area contributed by atoms with E-state index in [9.17, 15) is 4.79 Å². The van der Waals surface area contributed by atoms with Gasteiger partial charge < -0.3 is 10.0 Å².